The van der Waals surface area contributed by atoms with Crippen molar-refractivity contribution in [2.24, 2.45) is 5.92 Å². The number of ether oxygens (including phenoxy) is 1. The molecule has 1 aromatic carbocycles. The highest BCUT2D eigenvalue weighted by Gasteiger charge is 2.39. The van der Waals surface area contributed by atoms with Gasteiger partial charge in [-0.3, -0.25) is 9.59 Å². The molecule has 0 saturated carbocycles. The summed E-state index contributed by atoms with van der Waals surface area (Å²) < 4.78 is 5.30. The second-order valence-corrected chi connectivity index (χ2v) is 9.74. The average molecular weight is 430 g/mol. The number of alkyl carbamates (subject to hydrolysis) is 1. The summed E-state index contributed by atoms with van der Waals surface area (Å²) in [5, 5.41) is 2.83. The van der Waals surface area contributed by atoms with Crippen LogP contribution in [-0.2, 0) is 20.9 Å². The summed E-state index contributed by atoms with van der Waals surface area (Å²) in [6.45, 7) is 9.77. The maximum Gasteiger partial charge on any atom is 0.407 e. The van der Waals surface area contributed by atoms with E-state index in [1.165, 1.54) is 5.56 Å². The summed E-state index contributed by atoms with van der Waals surface area (Å²) in [6, 6.07) is 7.69. The van der Waals surface area contributed by atoms with E-state index in [0.29, 0.717) is 39.0 Å². The van der Waals surface area contributed by atoms with Crippen molar-refractivity contribution in [3.63, 3.8) is 0 Å². The van der Waals surface area contributed by atoms with Gasteiger partial charge in [-0.25, -0.2) is 4.79 Å². The summed E-state index contributed by atoms with van der Waals surface area (Å²) >= 11 is 0. The average Bonchev–Trinajstić information content (AvgIpc) is 3.07. The quantitative estimate of drug-likeness (QED) is 0.779. The van der Waals surface area contributed by atoms with Crippen molar-refractivity contribution in [1.29, 1.82) is 0 Å². The van der Waals surface area contributed by atoms with Crippen molar-refractivity contribution >= 4 is 17.9 Å². The van der Waals surface area contributed by atoms with Gasteiger partial charge in [0.15, 0.2) is 0 Å². The Morgan fingerprint density at radius 2 is 1.87 bits per heavy atom. The minimum atomic E-state index is -0.533. The van der Waals surface area contributed by atoms with Crippen LogP contribution >= 0.6 is 0 Å². The molecule has 170 valence electrons. The molecule has 0 radical (unpaired) electrons. The van der Waals surface area contributed by atoms with Crippen LogP contribution in [0.1, 0.15) is 57.6 Å². The Hall–Kier alpha value is -2.57. The molecular weight excluding hydrogens is 394 g/mol. The fourth-order valence-corrected chi connectivity index (χ4v) is 4.26. The number of carbonyl (C=O) groups is 3. The first-order valence-electron chi connectivity index (χ1n) is 11.2. The van der Waals surface area contributed by atoms with Crippen LogP contribution in [0.15, 0.2) is 24.3 Å². The van der Waals surface area contributed by atoms with Crippen LogP contribution in [-0.4, -0.2) is 59.0 Å². The van der Waals surface area contributed by atoms with Gasteiger partial charge in [-0.15, -0.1) is 0 Å². The highest BCUT2D eigenvalue weighted by Crippen LogP contribution is 2.26. The SMILES string of the molecule is Cc1ccc(CN2C(=O)CC[C@H]2C(=O)N2CCC[C@H](CNC(=O)OC(C)(C)C)C2)cc1. The molecule has 31 heavy (non-hydrogen) atoms. The fraction of sp³-hybridized carbons (Fsp3) is 0.625. The second-order valence-electron chi connectivity index (χ2n) is 9.74. The summed E-state index contributed by atoms with van der Waals surface area (Å²) in [7, 11) is 0. The van der Waals surface area contributed by atoms with Crippen LogP contribution in [0.25, 0.3) is 0 Å². The molecule has 2 saturated heterocycles. The van der Waals surface area contributed by atoms with Crippen molar-refractivity contribution in [1.82, 2.24) is 15.1 Å². The minimum absolute atomic E-state index is 0.0277. The summed E-state index contributed by atoms with van der Waals surface area (Å²) in [5.74, 6) is 0.256. The van der Waals surface area contributed by atoms with E-state index >= 15 is 0 Å². The first-order valence-corrected chi connectivity index (χ1v) is 11.2. The number of nitrogens with zero attached hydrogens (tertiary/aromatic N) is 2. The lowest BCUT2D eigenvalue weighted by Crippen LogP contribution is -2.51. The number of likely N-dealkylation sites (tertiary alicyclic amines) is 2. The smallest absolute Gasteiger partial charge is 0.407 e. The third-order valence-corrected chi connectivity index (χ3v) is 5.85. The van der Waals surface area contributed by atoms with Crippen molar-refractivity contribution in [3.05, 3.63) is 35.4 Å². The van der Waals surface area contributed by atoms with Crippen LogP contribution < -0.4 is 5.32 Å². The number of benzene rings is 1. The van der Waals surface area contributed by atoms with Crippen LogP contribution in [0.2, 0.25) is 0 Å². The molecule has 2 aliphatic rings. The van der Waals surface area contributed by atoms with Gasteiger partial charge in [-0.05, 0) is 58.4 Å². The molecular formula is C24H35N3O4. The first-order chi connectivity index (χ1) is 14.6. The molecule has 0 aromatic heterocycles. The molecule has 3 rings (SSSR count). The molecule has 2 fully saturated rings. The van der Waals surface area contributed by atoms with Crippen LogP contribution in [0.4, 0.5) is 4.79 Å². The predicted octanol–water partition coefficient (Wildman–Crippen LogP) is 3.25. The van der Waals surface area contributed by atoms with Gasteiger partial charge in [0.2, 0.25) is 11.8 Å². The summed E-state index contributed by atoms with van der Waals surface area (Å²) in [4.78, 5) is 41.3. The van der Waals surface area contributed by atoms with Crippen LogP contribution in [0, 0.1) is 12.8 Å². The van der Waals surface area contributed by atoms with Gasteiger partial charge in [0.25, 0.3) is 0 Å². The molecule has 1 N–H and O–H groups in total. The zero-order valence-electron chi connectivity index (χ0n) is 19.1. The van der Waals surface area contributed by atoms with Crippen molar-refractivity contribution in [2.45, 2.75) is 71.6 Å². The molecule has 0 unspecified atom stereocenters. The monoisotopic (exact) mass is 429 g/mol. The van der Waals surface area contributed by atoms with Gasteiger partial charge in [0, 0.05) is 32.6 Å². The third-order valence-electron chi connectivity index (χ3n) is 5.85. The number of aryl methyl sites for hydroxylation is 1. The third kappa shape index (κ3) is 6.45. The van der Waals surface area contributed by atoms with E-state index in [4.69, 9.17) is 4.74 Å². The molecule has 3 amide bonds. The number of hydrogen-bond donors (Lipinski definition) is 1. The Labute approximate surface area is 185 Å². The standard InChI is InChI=1S/C24H35N3O4/c1-17-7-9-18(10-8-17)16-27-20(11-12-21(27)28)22(29)26-13-5-6-19(15-26)14-25-23(30)31-24(2,3)4/h7-10,19-20H,5-6,11-16H2,1-4H3,(H,25,30)/t19-,20+/m1/s1. The Morgan fingerprint density at radius 3 is 2.55 bits per heavy atom. The lowest BCUT2D eigenvalue weighted by molar-refractivity contribution is -0.143. The topological polar surface area (TPSA) is 79.0 Å². The maximum atomic E-state index is 13.3. The van der Waals surface area contributed by atoms with Crippen molar-refractivity contribution in [2.75, 3.05) is 19.6 Å². The molecule has 7 heteroatoms. The van der Waals surface area contributed by atoms with Gasteiger partial charge in [0.05, 0.1) is 0 Å². The van der Waals surface area contributed by atoms with E-state index in [1.807, 2.05) is 56.9 Å². The molecule has 2 atom stereocenters. The molecule has 2 heterocycles. The predicted molar refractivity (Wildman–Crippen MR) is 118 cm³/mol. The Morgan fingerprint density at radius 1 is 1.16 bits per heavy atom. The molecule has 7 nitrogen and oxygen atoms in total. The van der Waals surface area contributed by atoms with Gasteiger partial charge in [-0.1, -0.05) is 29.8 Å². The van der Waals surface area contributed by atoms with Crippen LogP contribution in [0.3, 0.4) is 0 Å². The number of piperidine rings is 1. The highest BCUT2D eigenvalue weighted by molar-refractivity contribution is 5.91. The molecule has 2 aliphatic heterocycles. The number of amides is 3. The van der Waals surface area contributed by atoms with Gasteiger partial charge < -0.3 is 19.9 Å². The van der Waals surface area contributed by atoms with Crippen LogP contribution in [0.5, 0.6) is 0 Å². The highest BCUT2D eigenvalue weighted by atomic mass is 16.6. The minimum Gasteiger partial charge on any atom is -0.444 e. The molecule has 0 bridgehead atoms. The fourth-order valence-electron chi connectivity index (χ4n) is 4.26. The number of nitrogens with one attached hydrogen (secondary N) is 1. The van der Waals surface area contributed by atoms with Crippen molar-refractivity contribution < 1.29 is 19.1 Å². The van der Waals surface area contributed by atoms with E-state index in [2.05, 4.69) is 5.32 Å². The van der Waals surface area contributed by atoms with E-state index in [-0.39, 0.29) is 17.7 Å². The lowest BCUT2D eigenvalue weighted by Gasteiger charge is -2.36. The zero-order chi connectivity index (χ0) is 22.6. The normalized spacial score (nSPS) is 21.9. The first kappa shape index (κ1) is 23.1. The largest absolute Gasteiger partial charge is 0.444 e. The van der Waals surface area contributed by atoms with E-state index in [1.54, 1.807) is 4.90 Å². The summed E-state index contributed by atoms with van der Waals surface area (Å²) in [5.41, 5.74) is 1.68. The summed E-state index contributed by atoms with van der Waals surface area (Å²) in [6.07, 6.45) is 2.41. The van der Waals surface area contributed by atoms with Gasteiger partial charge >= 0.3 is 6.09 Å². The Balaban J connectivity index is 1.57. The van der Waals surface area contributed by atoms with E-state index < -0.39 is 17.7 Å². The number of rotatable bonds is 5. The lowest BCUT2D eigenvalue weighted by atomic mass is 9.97. The Kier molecular flexibility index (Phi) is 7.23. The number of hydrogen-bond acceptors (Lipinski definition) is 4. The zero-order valence-corrected chi connectivity index (χ0v) is 19.1. The Bertz CT molecular complexity index is 800. The number of carbonyl (C=O) groups excluding carboxylic acids is 3. The van der Waals surface area contributed by atoms with E-state index in [0.717, 1.165) is 18.4 Å². The van der Waals surface area contributed by atoms with Crippen molar-refractivity contribution in [3.8, 4) is 0 Å². The van der Waals surface area contributed by atoms with Gasteiger partial charge in [0.1, 0.15) is 11.6 Å². The maximum absolute atomic E-state index is 13.3. The molecule has 0 aliphatic carbocycles. The molecule has 0 spiro atoms. The second kappa shape index (κ2) is 9.71. The molecule has 1 aromatic rings. The van der Waals surface area contributed by atoms with E-state index in [9.17, 15) is 14.4 Å². The van der Waals surface area contributed by atoms with Gasteiger partial charge in [-0.2, -0.15) is 0 Å².